The van der Waals surface area contributed by atoms with Crippen LogP contribution in [0.1, 0.15) is 6.42 Å². The van der Waals surface area contributed by atoms with Crippen molar-refractivity contribution in [3.63, 3.8) is 0 Å². The number of carbonyl (C=O) groups excluding carboxylic acids is 2. The Balaban J connectivity index is 1.87. The minimum absolute atomic E-state index is 0.0359. The highest BCUT2D eigenvalue weighted by molar-refractivity contribution is 6.45. The van der Waals surface area contributed by atoms with Crippen LogP contribution in [0, 0.1) is 0 Å². The van der Waals surface area contributed by atoms with Crippen LogP contribution in [-0.4, -0.2) is 17.9 Å². The first kappa shape index (κ1) is 16.1. The molecule has 1 fully saturated rings. The molecule has 1 saturated heterocycles. The zero-order chi connectivity index (χ0) is 16.6. The number of rotatable bonds is 3. The first-order valence-electron chi connectivity index (χ1n) is 6.80. The van der Waals surface area contributed by atoms with Crippen LogP contribution in [-0.2, 0) is 9.59 Å². The molecule has 0 aromatic heterocycles. The Hall–Kier alpha value is -1.75. The molecule has 2 amide bonds. The van der Waals surface area contributed by atoms with Gasteiger partial charge in [0.05, 0.1) is 22.2 Å². The molecule has 4 nitrogen and oxygen atoms in total. The van der Waals surface area contributed by atoms with Crippen LogP contribution in [0.3, 0.4) is 0 Å². The summed E-state index contributed by atoms with van der Waals surface area (Å²) in [6.07, 6.45) is 0.0359. The van der Waals surface area contributed by atoms with Gasteiger partial charge in [-0.25, -0.2) is 4.90 Å². The lowest BCUT2D eigenvalue weighted by molar-refractivity contribution is -0.121. The van der Waals surface area contributed by atoms with E-state index in [4.69, 9.17) is 34.8 Å². The second kappa shape index (κ2) is 6.40. The fraction of sp³-hybridized carbons (Fsp3) is 0.125. The van der Waals surface area contributed by atoms with Gasteiger partial charge < -0.3 is 5.32 Å². The third-order valence-corrected chi connectivity index (χ3v) is 4.53. The average Bonchev–Trinajstić information content (AvgIpc) is 2.77. The van der Waals surface area contributed by atoms with Crippen LogP contribution in [0.2, 0.25) is 15.1 Å². The van der Waals surface area contributed by atoms with Gasteiger partial charge in [0.25, 0.3) is 5.91 Å². The van der Waals surface area contributed by atoms with Crippen molar-refractivity contribution in [2.45, 2.75) is 12.5 Å². The molecule has 1 N–H and O–H groups in total. The normalized spacial score (nSPS) is 17.7. The summed E-state index contributed by atoms with van der Waals surface area (Å²) >= 11 is 18.0. The molecular weight excluding hydrogens is 359 g/mol. The molecular formula is C16H11Cl3N2O2. The van der Waals surface area contributed by atoms with E-state index in [0.717, 1.165) is 4.90 Å². The van der Waals surface area contributed by atoms with E-state index >= 15 is 0 Å². The quantitative estimate of drug-likeness (QED) is 0.816. The smallest absolute Gasteiger partial charge is 0.256 e. The number of imide groups is 1. The average molecular weight is 370 g/mol. The number of benzene rings is 2. The second-order valence-electron chi connectivity index (χ2n) is 5.05. The zero-order valence-electron chi connectivity index (χ0n) is 11.7. The Morgan fingerprint density at radius 3 is 2.52 bits per heavy atom. The molecule has 0 aliphatic carbocycles. The van der Waals surface area contributed by atoms with Gasteiger partial charge in [0, 0.05) is 10.7 Å². The fourth-order valence-corrected chi connectivity index (χ4v) is 3.01. The Morgan fingerprint density at radius 1 is 1.04 bits per heavy atom. The van der Waals surface area contributed by atoms with Gasteiger partial charge in [-0.2, -0.15) is 0 Å². The van der Waals surface area contributed by atoms with Gasteiger partial charge in [-0.05, 0) is 30.3 Å². The van der Waals surface area contributed by atoms with Crippen LogP contribution < -0.4 is 10.2 Å². The third kappa shape index (κ3) is 3.15. The predicted molar refractivity (Wildman–Crippen MR) is 92.4 cm³/mol. The molecule has 0 spiro atoms. The number of amides is 2. The number of nitrogens with one attached hydrogen (secondary N) is 1. The van der Waals surface area contributed by atoms with Crippen molar-refractivity contribution in [2.75, 3.05) is 10.2 Å². The van der Waals surface area contributed by atoms with Crippen molar-refractivity contribution in [2.24, 2.45) is 0 Å². The van der Waals surface area contributed by atoms with E-state index < -0.39 is 6.04 Å². The first-order chi connectivity index (χ1) is 11.0. The van der Waals surface area contributed by atoms with E-state index in [9.17, 15) is 9.59 Å². The Kier molecular flexibility index (Phi) is 4.48. The maximum Gasteiger partial charge on any atom is 0.256 e. The summed E-state index contributed by atoms with van der Waals surface area (Å²) in [7, 11) is 0. The van der Waals surface area contributed by atoms with E-state index in [1.807, 2.05) is 0 Å². The number of hydrogen-bond acceptors (Lipinski definition) is 3. The Bertz CT molecular complexity index is 795. The largest absolute Gasteiger partial charge is 0.373 e. The SMILES string of the molecule is O=C1C[C@H](Nc2cccc(Cl)c2)C(=O)N1c1cccc(Cl)c1Cl. The summed E-state index contributed by atoms with van der Waals surface area (Å²) in [6, 6.07) is 11.1. The lowest BCUT2D eigenvalue weighted by Gasteiger charge is -2.17. The van der Waals surface area contributed by atoms with E-state index in [0.29, 0.717) is 16.4 Å². The summed E-state index contributed by atoms with van der Waals surface area (Å²) in [4.78, 5) is 25.9. The molecule has 2 aromatic rings. The zero-order valence-corrected chi connectivity index (χ0v) is 14.0. The standard InChI is InChI=1S/C16H11Cl3N2O2/c17-9-3-1-4-10(7-9)20-12-8-14(22)21(16(12)23)13-6-2-5-11(18)15(13)19/h1-7,12,20H,8H2/t12-/m0/s1. The third-order valence-electron chi connectivity index (χ3n) is 3.48. The van der Waals surface area contributed by atoms with Crippen molar-refractivity contribution >= 4 is 58.0 Å². The fourth-order valence-electron chi connectivity index (χ4n) is 2.44. The molecule has 2 aromatic carbocycles. The van der Waals surface area contributed by atoms with E-state index in [1.54, 1.807) is 42.5 Å². The van der Waals surface area contributed by atoms with E-state index in [2.05, 4.69) is 5.32 Å². The number of nitrogens with zero attached hydrogens (tertiary/aromatic N) is 1. The summed E-state index contributed by atoms with van der Waals surface area (Å²) in [5.41, 5.74) is 0.965. The second-order valence-corrected chi connectivity index (χ2v) is 6.27. The van der Waals surface area contributed by atoms with Gasteiger partial charge >= 0.3 is 0 Å². The molecule has 1 heterocycles. The molecule has 1 aliphatic rings. The Morgan fingerprint density at radius 2 is 1.78 bits per heavy atom. The topological polar surface area (TPSA) is 49.4 Å². The van der Waals surface area contributed by atoms with E-state index in [1.165, 1.54) is 0 Å². The summed E-state index contributed by atoms with van der Waals surface area (Å²) < 4.78 is 0. The molecule has 0 radical (unpaired) electrons. The molecule has 0 saturated carbocycles. The maximum absolute atomic E-state index is 12.6. The lowest BCUT2D eigenvalue weighted by atomic mass is 10.2. The predicted octanol–water partition coefficient (Wildman–Crippen LogP) is 4.39. The van der Waals surface area contributed by atoms with E-state index in [-0.39, 0.29) is 28.3 Å². The minimum Gasteiger partial charge on any atom is -0.373 e. The number of anilines is 2. The molecule has 1 aliphatic heterocycles. The lowest BCUT2D eigenvalue weighted by Crippen LogP contribution is -2.35. The summed E-state index contributed by atoms with van der Waals surface area (Å²) in [5.74, 6) is -0.710. The minimum atomic E-state index is -0.670. The van der Waals surface area contributed by atoms with Gasteiger partial charge in [-0.15, -0.1) is 0 Å². The number of halogens is 3. The van der Waals surface area contributed by atoms with Crippen molar-refractivity contribution in [3.05, 3.63) is 57.5 Å². The van der Waals surface area contributed by atoms with Crippen molar-refractivity contribution in [1.29, 1.82) is 0 Å². The highest BCUT2D eigenvalue weighted by Crippen LogP contribution is 2.35. The molecule has 3 rings (SSSR count). The van der Waals surface area contributed by atoms with Crippen LogP contribution in [0.25, 0.3) is 0 Å². The molecule has 7 heteroatoms. The molecule has 0 unspecified atom stereocenters. The van der Waals surface area contributed by atoms with Gasteiger partial charge in [-0.1, -0.05) is 46.9 Å². The van der Waals surface area contributed by atoms with Crippen molar-refractivity contribution in [3.8, 4) is 0 Å². The van der Waals surface area contributed by atoms with Gasteiger partial charge in [-0.3, -0.25) is 9.59 Å². The molecule has 23 heavy (non-hydrogen) atoms. The van der Waals surface area contributed by atoms with Crippen molar-refractivity contribution in [1.82, 2.24) is 0 Å². The maximum atomic E-state index is 12.6. The summed E-state index contributed by atoms with van der Waals surface area (Å²) in [5, 5.41) is 4.03. The monoisotopic (exact) mass is 368 g/mol. The van der Waals surface area contributed by atoms with Crippen LogP contribution >= 0.6 is 34.8 Å². The van der Waals surface area contributed by atoms with Crippen LogP contribution in [0.15, 0.2) is 42.5 Å². The van der Waals surface area contributed by atoms with Gasteiger partial charge in [0.2, 0.25) is 5.91 Å². The molecule has 118 valence electrons. The first-order valence-corrected chi connectivity index (χ1v) is 7.93. The van der Waals surface area contributed by atoms with Crippen LogP contribution in [0.4, 0.5) is 11.4 Å². The number of hydrogen-bond donors (Lipinski definition) is 1. The number of carbonyl (C=O) groups is 2. The highest BCUT2D eigenvalue weighted by atomic mass is 35.5. The molecule has 1 atom stereocenters. The van der Waals surface area contributed by atoms with Gasteiger partial charge in [0.15, 0.2) is 0 Å². The van der Waals surface area contributed by atoms with Crippen LogP contribution in [0.5, 0.6) is 0 Å². The summed E-state index contributed by atoms with van der Waals surface area (Å²) in [6.45, 7) is 0. The van der Waals surface area contributed by atoms with Gasteiger partial charge in [0.1, 0.15) is 6.04 Å². The van der Waals surface area contributed by atoms with Crippen molar-refractivity contribution < 1.29 is 9.59 Å². The highest BCUT2D eigenvalue weighted by Gasteiger charge is 2.40. The molecule has 0 bridgehead atoms. The Labute approximate surface area is 147 Å².